The van der Waals surface area contributed by atoms with Crippen LogP contribution in [0.1, 0.15) is 32.7 Å². The third-order valence-corrected chi connectivity index (χ3v) is 3.75. The first-order valence-corrected chi connectivity index (χ1v) is 7.52. The average molecular weight is 328 g/mol. The van der Waals surface area contributed by atoms with E-state index in [1.54, 1.807) is 37.4 Å². The van der Waals surface area contributed by atoms with Crippen molar-refractivity contribution < 1.29 is 23.8 Å². The maximum atomic E-state index is 12.6. The Balaban J connectivity index is 2.19. The lowest BCUT2D eigenvalue weighted by Crippen LogP contribution is -2.08. The number of aryl methyl sites for hydroxylation is 1. The Bertz CT molecular complexity index is 736. The molecule has 0 aliphatic carbocycles. The normalized spacial score (nSPS) is 10.1. The minimum Gasteiger partial charge on any atom is -0.497 e. The van der Waals surface area contributed by atoms with E-state index < -0.39 is 5.97 Å². The summed E-state index contributed by atoms with van der Waals surface area (Å²) in [6.45, 7) is 0. The van der Waals surface area contributed by atoms with Gasteiger partial charge >= 0.3 is 5.97 Å². The Labute approximate surface area is 141 Å². The van der Waals surface area contributed by atoms with Gasteiger partial charge < -0.3 is 14.2 Å². The third-order valence-electron chi connectivity index (χ3n) is 3.75. The van der Waals surface area contributed by atoms with Crippen LogP contribution in [0.4, 0.5) is 0 Å². The third kappa shape index (κ3) is 3.93. The molecule has 2 rings (SSSR count). The van der Waals surface area contributed by atoms with E-state index in [1.807, 2.05) is 12.1 Å². The number of ether oxygens (including phenoxy) is 3. The summed E-state index contributed by atoms with van der Waals surface area (Å²) in [5, 5.41) is 0. The highest BCUT2D eigenvalue weighted by Crippen LogP contribution is 2.26. The number of ketones is 1. The van der Waals surface area contributed by atoms with E-state index in [-0.39, 0.29) is 12.2 Å². The van der Waals surface area contributed by atoms with E-state index in [9.17, 15) is 9.59 Å². The van der Waals surface area contributed by atoms with Gasteiger partial charge in [-0.15, -0.1) is 0 Å². The van der Waals surface area contributed by atoms with Gasteiger partial charge in [0.25, 0.3) is 0 Å². The molecule has 0 unspecified atom stereocenters. The number of carbonyl (C=O) groups is 2. The highest BCUT2D eigenvalue weighted by molar-refractivity contribution is 5.99. The molecule has 0 atom stereocenters. The zero-order valence-corrected chi connectivity index (χ0v) is 14.0. The molecular weight excluding hydrogens is 308 g/mol. The van der Waals surface area contributed by atoms with Crippen molar-refractivity contribution in [3.63, 3.8) is 0 Å². The van der Waals surface area contributed by atoms with Gasteiger partial charge in [-0.1, -0.05) is 18.2 Å². The Morgan fingerprint density at radius 3 is 2.33 bits per heavy atom. The first-order valence-electron chi connectivity index (χ1n) is 7.52. The summed E-state index contributed by atoms with van der Waals surface area (Å²) >= 11 is 0. The number of carbonyl (C=O) groups excluding carboxylic acids is 2. The summed E-state index contributed by atoms with van der Waals surface area (Å²) in [6.07, 6.45) is 0.683. The van der Waals surface area contributed by atoms with Gasteiger partial charge in [0.15, 0.2) is 5.78 Å². The zero-order chi connectivity index (χ0) is 17.5. The molecule has 0 saturated carbocycles. The fourth-order valence-electron chi connectivity index (χ4n) is 2.46. The predicted molar refractivity (Wildman–Crippen MR) is 90.0 cm³/mol. The van der Waals surface area contributed by atoms with Crippen LogP contribution >= 0.6 is 0 Å². The summed E-state index contributed by atoms with van der Waals surface area (Å²) in [6, 6.07) is 12.2. The number of rotatable bonds is 7. The molecule has 5 nitrogen and oxygen atoms in total. The highest BCUT2D eigenvalue weighted by atomic mass is 16.5. The minimum atomic E-state index is -0.406. The number of hydrogen-bond donors (Lipinski definition) is 0. The molecule has 0 spiro atoms. The van der Waals surface area contributed by atoms with Crippen molar-refractivity contribution in [2.24, 2.45) is 0 Å². The largest absolute Gasteiger partial charge is 0.497 e. The Morgan fingerprint density at radius 1 is 0.917 bits per heavy atom. The van der Waals surface area contributed by atoms with Crippen molar-refractivity contribution in [3.05, 3.63) is 59.2 Å². The first kappa shape index (κ1) is 17.5. The Hall–Kier alpha value is -2.82. The van der Waals surface area contributed by atoms with Crippen LogP contribution in [0.25, 0.3) is 0 Å². The Kier molecular flexibility index (Phi) is 5.95. The van der Waals surface area contributed by atoms with Crippen LogP contribution in [0, 0.1) is 0 Å². The van der Waals surface area contributed by atoms with Crippen molar-refractivity contribution in [2.45, 2.75) is 12.8 Å². The molecule has 0 amide bonds. The summed E-state index contributed by atoms with van der Waals surface area (Å²) < 4.78 is 15.2. The standard InChI is InChI=1S/C19H20O5/c1-22-14-9-11-18(23-2)16(12-14)17(20)10-8-13-6-4-5-7-15(13)19(21)24-3/h4-7,9,11-12H,8,10H2,1-3H3. The number of Topliss-reactive ketones (excluding diaryl/α,β-unsaturated/α-hetero) is 1. The molecule has 0 saturated heterocycles. The molecule has 0 heterocycles. The number of benzene rings is 2. The van der Waals surface area contributed by atoms with Crippen molar-refractivity contribution in [3.8, 4) is 11.5 Å². The molecule has 0 N–H and O–H groups in total. The van der Waals surface area contributed by atoms with E-state index in [4.69, 9.17) is 14.2 Å². The van der Waals surface area contributed by atoms with Gasteiger partial charge in [-0.25, -0.2) is 4.79 Å². The molecule has 24 heavy (non-hydrogen) atoms. The van der Waals surface area contributed by atoms with E-state index >= 15 is 0 Å². The van der Waals surface area contributed by atoms with Gasteiger partial charge in [-0.2, -0.15) is 0 Å². The van der Waals surface area contributed by atoms with Gasteiger partial charge in [0.2, 0.25) is 0 Å². The van der Waals surface area contributed by atoms with Crippen LogP contribution in [-0.4, -0.2) is 33.1 Å². The fraction of sp³-hybridized carbons (Fsp3) is 0.263. The second-order valence-electron chi connectivity index (χ2n) is 5.14. The molecular formula is C19H20O5. The van der Waals surface area contributed by atoms with Crippen LogP contribution in [0.5, 0.6) is 11.5 Å². The summed E-state index contributed by atoms with van der Waals surface area (Å²) in [5.74, 6) is 0.610. The monoisotopic (exact) mass is 328 g/mol. The van der Waals surface area contributed by atoms with Crippen LogP contribution < -0.4 is 9.47 Å². The number of methoxy groups -OCH3 is 3. The molecule has 0 fully saturated rings. The molecule has 0 radical (unpaired) electrons. The maximum absolute atomic E-state index is 12.6. The quantitative estimate of drug-likeness (QED) is 0.576. The summed E-state index contributed by atoms with van der Waals surface area (Å²) in [4.78, 5) is 24.4. The predicted octanol–water partition coefficient (Wildman–Crippen LogP) is 3.31. The zero-order valence-electron chi connectivity index (χ0n) is 14.0. The summed E-state index contributed by atoms with van der Waals surface area (Å²) in [5.41, 5.74) is 1.72. The van der Waals surface area contributed by atoms with E-state index in [2.05, 4.69) is 0 Å². The lowest BCUT2D eigenvalue weighted by atomic mass is 9.98. The minimum absolute atomic E-state index is 0.0783. The van der Waals surface area contributed by atoms with Crippen molar-refractivity contribution in [1.29, 1.82) is 0 Å². The van der Waals surface area contributed by atoms with Gasteiger partial charge in [-0.05, 0) is 36.2 Å². The first-order chi connectivity index (χ1) is 11.6. The lowest BCUT2D eigenvalue weighted by molar-refractivity contribution is 0.0599. The molecule has 0 aliphatic heterocycles. The van der Waals surface area contributed by atoms with E-state index in [1.165, 1.54) is 14.2 Å². The van der Waals surface area contributed by atoms with E-state index in [0.29, 0.717) is 29.0 Å². The lowest BCUT2D eigenvalue weighted by Gasteiger charge is -2.11. The number of esters is 1. The highest BCUT2D eigenvalue weighted by Gasteiger charge is 2.16. The molecule has 126 valence electrons. The molecule has 5 heteroatoms. The van der Waals surface area contributed by atoms with Crippen LogP contribution in [0.15, 0.2) is 42.5 Å². The fourth-order valence-corrected chi connectivity index (χ4v) is 2.46. The van der Waals surface area contributed by atoms with Gasteiger partial charge in [0, 0.05) is 6.42 Å². The van der Waals surface area contributed by atoms with Gasteiger partial charge in [0.05, 0.1) is 32.5 Å². The Morgan fingerprint density at radius 2 is 1.67 bits per heavy atom. The van der Waals surface area contributed by atoms with Crippen LogP contribution in [0.2, 0.25) is 0 Å². The summed E-state index contributed by atoms with van der Waals surface area (Å²) in [7, 11) is 4.40. The van der Waals surface area contributed by atoms with Gasteiger partial charge in [0.1, 0.15) is 11.5 Å². The molecule has 2 aromatic carbocycles. The molecule has 0 bridgehead atoms. The smallest absolute Gasteiger partial charge is 0.338 e. The maximum Gasteiger partial charge on any atom is 0.338 e. The van der Waals surface area contributed by atoms with Crippen molar-refractivity contribution >= 4 is 11.8 Å². The second-order valence-corrected chi connectivity index (χ2v) is 5.14. The SMILES string of the molecule is COC(=O)c1ccccc1CCC(=O)c1cc(OC)ccc1OC. The van der Waals surface area contributed by atoms with Crippen LogP contribution in [0.3, 0.4) is 0 Å². The van der Waals surface area contributed by atoms with Crippen molar-refractivity contribution in [1.82, 2.24) is 0 Å². The topological polar surface area (TPSA) is 61.8 Å². The van der Waals surface area contributed by atoms with E-state index in [0.717, 1.165) is 5.56 Å². The molecule has 0 aliphatic rings. The van der Waals surface area contributed by atoms with Crippen LogP contribution in [-0.2, 0) is 11.2 Å². The second kappa shape index (κ2) is 8.15. The number of hydrogen-bond acceptors (Lipinski definition) is 5. The van der Waals surface area contributed by atoms with Gasteiger partial charge in [-0.3, -0.25) is 4.79 Å². The molecule has 2 aromatic rings. The average Bonchev–Trinajstić information content (AvgIpc) is 2.65. The molecule has 0 aromatic heterocycles. The van der Waals surface area contributed by atoms with Crippen molar-refractivity contribution in [2.75, 3.05) is 21.3 Å².